The minimum absolute atomic E-state index is 1.17. The van der Waals surface area contributed by atoms with Gasteiger partial charge < -0.3 is 4.57 Å². The second kappa shape index (κ2) is 9.19. The zero-order valence-electron chi connectivity index (χ0n) is 25.5. The molecule has 0 bridgehead atoms. The van der Waals surface area contributed by atoms with Crippen LogP contribution < -0.4 is 0 Å². The number of para-hydroxylation sites is 1. The molecular formula is C46H27N. The summed E-state index contributed by atoms with van der Waals surface area (Å²) in [6.45, 7) is 0. The van der Waals surface area contributed by atoms with Crippen LogP contribution in [0.4, 0.5) is 0 Å². The summed E-state index contributed by atoms with van der Waals surface area (Å²) >= 11 is 0. The Balaban J connectivity index is 1.24. The van der Waals surface area contributed by atoms with Crippen molar-refractivity contribution in [3.63, 3.8) is 0 Å². The van der Waals surface area contributed by atoms with Gasteiger partial charge in [-0.05, 0) is 89.3 Å². The molecule has 1 aliphatic carbocycles. The summed E-state index contributed by atoms with van der Waals surface area (Å²) < 4.78 is 2.50. The molecule has 0 saturated heterocycles. The maximum atomic E-state index is 2.50. The fraction of sp³-hybridized carbons (Fsp3) is 0. The molecule has 1 nitrogen and oxygen atoms in total. The van der Waals surface area contributed by atoms with Crippen molar-refractivity contribution in [1.82, 2.24) is 4.57 Å². The first-order valence-corrected chi connectivity index (χ1v) is 16.4. The van der Waals surface area contributed by atoms with Crippen molar-refractivity contribution in [2.24, 2.45) is 0 Å². The predicted molar refractivity (Wildman–Crippen MR) is 201 cm³/mol. The van der Waals surface area contributed by atoms with Crippen molar-refractivity contribution in [3.8, 4) is 39.1 Å². The van der Waals surface area contributed by atoms with Crippen molar-refractivity contribution >= 4 is 64.9 Å². The van der Waals surface area contributed by atoms with Gasteiger partial charge in [-0.2, -0.15) is 0 Å². The molecule has 0 N–H and O–H groups in total. The lowest BCUT2D eigenvalue weighted by atomic mass is 9.92. The highest BCUT2D eigenvalue weighted by Gasteiger charge is 2.25. The van der Waals surface area contributed by atoms with Crippen LogP contribution in [0.3, 0.4) is 0 Å². The molecule has 1 heterocycles. The molecule has 0 unspecified atom stereocenters. The second-order valence-corrected chi connectivity index (χ2v) is 12.8. The second-order valence-electron chi connectivity index (χ2n) is 12.8. The molecule has 10 aromatic rings. The van der Waals surface area contributed by atoms with E-state index in [1.54, 1.807) is 0 Å². The summed E-state index contributed by atoms with van der Waals surface area (Å²) in [4.78, 5) is 0. The van der Waals surface area contributed by atoms with Crippen LogP contribution in [0, 0.1) is 0 Å². The van der Waals surface area contributed by atoms with Crippen LogP contribution in [0.15, 0.2) is 164 Å². The number of rotatable bonds is 2. The van der Waals surface area contributed by atoms with Gasteiger partial charge in [0.1, 0.15) is 0 Å². The van der Waals surface area contributed by atoms with E-state index in [0.29, 0.717) is 0 Å². The Morgan fingerprint density at radius 3 is 1.89 bits per heavy atom. The van der Waals surface area contributed by atoms with Gasteiger partial charge in [-0.1, -0.05) is 146 Å². The molecule has 1 aliphatic rings. The van der Waals surface area contributed by atoms with Crippen LogP contribution in [-0.2, 0) is 0 Å². The van der Waals surface area contributed by atoms with Gasteiger partial charge in [0.15, 0.2) is 0 Å². The molecule has 216 valence electrons. The van der Waals surface area contributed by atoms with E-state index in [2.05, 4.69) is 168 Å². The van der Waals surface area contributed by atoms with Gasteiger partial charge in [0.2, 0.25) is 0 Å². The first-order chi connectivity index (χ1) is 23.3. The molecule has 1 aromatic heterocycles. The topological polar surface area (TPSA) is 4.93 Å². The quantitative estimate of drug-likeness (QED) is 0.176. The zero-order chi connectivity index (χ0) is 30.6. The lowest BCUT2D eigenvalue weighted by Gasteiger charge is -2.15. The minimum Gasteiger partial charge on any atom is -0.309 e. The molecule has 0 aliphatic heterocycles. The molecule has 0 radical (unpaired) electrons. The summed E-state index contributed by atoms with van der Waals surface area (Å²) in [7, 11) is 0. The zero-order valence-corrected chi connectivity index (χ0v) is 25.5. The summed E-state index contributed by atoms with van der Waals surface area (Å²) in [5, 5.41) is 13.0. The summed E-state index contributed by atoms with van der Waals surface area (Å²) in [6, 6.07) is 60.7. The first-order valence-electron chi connectivity index (χ1n) is 16.4. The van der Waals surface area contributed by atoms with E-state index in [4.69, 9.17) is 0 Å². The van der Waals surface area contributed by atoms with E-state index >= 15 is 0 Å². The standard InChI is InChI=1S/C46H27N/c1-2-16-32-28(11-1)25-26-40-43(32)36-17-3-4-18-37(36)46-45(40)38-19-5-6-24-41(38)47(46)31-15-7-14-30(27-31)33-20-10-22-35-34-21-8-12-29-13-9-23-39(42(29)34)44(33)35/h1-27H. The highest BCUT2D eigenvalue weighted by molar-refractivity contribution is 6.36. The van der Waals surface area contributed by atoms with Crippen molar-refractivity contribution in [1.29, 1.82) is 0 Å². The van der Waals surface area contributed by atoms with E-state index in [1.165, 1.54) is 104 Å². The van der Waals surface area contributed by atoms with Crippen LogP contribution in [0.2, 0.25) is 0 Å². The molecule has 0 saturated carbocycles. The number of benzene rings is 9. The molecule has 1 heteroatoms. The van der Waals surface area contributed by atoms with E-state index in [-0.39, 0.29) is 0 Å². The Morgan fingerprint density at radius 1 is 0.340 bits per heavy atom. The van der Waals surface area contributed by atoms with Crippen LogP contribution >= 0.6 is 0 Å². The minimum atomic E-state index is 1.17. The third-order valence-corrected chi connectivity index (χ3v) is 10.5. The predicted octanol–water partition coefficient (Wildman–Crippen LogP) is 12.7. The van der Waals surface area contributed by atoms with Crippen LogP contribution in [0.1, 0.15) is 0 Å². The summed E-state index contributed by atoms with van der Waals surface area (Å²) in [5.74, 6) is 0. The SMILES string of the molecule is c1cc(-c2cccc3c2-c2cccc4cccc-3c24)cc(-n2c3ccccc3c3c4ccc5ccccc5c4c4ccccc4c32)c1. The largest absolute Gasteiger partial charge is 0.309 e. The van der Waals surface area contributed by atoms with Crippen molar-refractivity contribution < 1.29 is 0 Å². The van der Waals surface area contributed by atoms with Gasteiger partial charge in [-0.15, -0.1) is 0 Å². The smallest absolute Gasteiger partial charge is 0.0625 e. The normalized spacial score (nSPS) is 12.3. The number of hydrogen-bond acceptors (Lipinski definition) is 0. The third kappa shape index (κ3) is 3.28. The van der Waals surface area contributed by atoms with Gasteiger partial charge in [0.05, 0.1) is 11.0 Å². The maximum Gasteiger partial charge on any atom is 0.0625 e. The van der Waals surface area contributed by atoms with E-state index in [1.807, 2.05) is 0 Å². The van der Waals surface area contributed by atoms with Crippen molar-refractivity contribution in [2.75, 3.05) is 0 Å². The Labute approximate surface area is 271 Å². The van der Waals surface area contributed by atoms with Gasteiger partial charge in [0.25, 0.3) is 0 Å². The van der Waals surface area contributed by atoms with Gasteiger partial charge in [-0.3, -0.25) is 0 Å². The summed E-state index contributed by atoms with van der Waals surface area (Å²) in [6.07, 6.45) is 0. The van der Waals surface area contributed by atoms with E-state index in [0.717, 1.165) is 0 Å². The number of fused-ring (bicyclic) bond motifs is 13. The van der Waals surface area contributed by atoms with Crippen LogP contribution in [-0.4, -0.2) is 4.57 Å². The number of nitrogens with zero attached hydrogens (tertiary/aromatic N) is 1. The number of hydrogen-bond donors (Lipinski definition) is 0. The Bertz CT molecular complexity index is 2950. The van der Waals surface area contributed by atoms with E-state index in [9.17, 15) is 0 Å². The van der Waals surface area contributed by atoms with Crippen molar-refractivity contribution in [2.45, 2.75) is 0 Å². The van der Waals surface area contributed by atoms with Crippen LogP contribution in [0.5, 0.6) is 0 Å². The Hall–Kier alpha value is -6.18. The average molecular weight is 594 g/mol. The fourth-order valence-corrected chi connectivity index (χ4v) is 8.61. The molecule has 0 amide bonds. The first kappa shape index (κ1) is 25.1. The lowest BCUT2D eigenvalue weighted by Crippen LogP contribution is -1.96. The Morgan fingerprint density at radius 2 is 1.00 bits per heavy atom. The maximum absolute atomic E-state index is 2.50. The fourth-order valence-electron chi connectivity index (χ4n) is 8.61. The molecule has 9 aromatic carbocycles. The van der Waals surface area contributed by atoms with Crippen LogP contribution in [0.25, 0.3) is 104 Å². The highest BCUT2D eigenvalue weighted by Crippen LogP contribution is 2.51. The molecule has 47 heavy (non-hydrogen) atoms. The van der Waals surface area contributed by atoms with Gasteiger partial charge in [0, 0.05) is 21.8 Å². The monoisotopic (exact) mass is 593 g/mol. The molecule has 0 atom stereocenters. The van der Waals surface area contributed by atoms with E-state index < -0.39 is 0 Å². The highest BCUT2D eigenvalue weighted by atomic mass is 15.0. The lowest BCUT2D eigenvalue weighted by molar-refractivity contribution is 1.19. The van der Waals surface area contributed by atoms with Gasteiger partial charge >= 0.3 is 0 Å². The molecule has 0 fully saturated rings. The molecule has 11 rings (SSSR count). The molecule has 0 spiro atoms. The third-order valence-electron chi connectivity index (χ3n) is 10.5. The molecular weight excluding hydrogens is 567 g/mol. The Kier molecular flexibility index (Phi) is 4.90. The van der Waals surface area contributed by atoms with Crippen molar-refractivity contribution in [3.05, 3.63) is 164 Å². The van der Waals surface area contributed by atoms with Gasteiger partial charge in [-0.25, -0.2) is 0 Å². The number of aromatic nitrogens is 1. The average Bonchev–Trinajstić information content (AvgIpc) is 3.67. The summed E-state index contributed by atoms with van der Waals surface area (Å²) in [5.41, 5.74) is 11.5.